The third-order valence-electron chi connectivity index (χ3n) is 4.51. The van der Waals surface area contributed by atoms with Crippen molar-refractivity contribution in [2.75, 3.05) is 5.73 Å². The molecule has 2 aromatic carbocycles. The van der Waals surface area contributed by atoms with E-state index < -0.39 is 0 Å². The Morgan fingerprint density at radius 3 is 2.74 bits per heavy atom. The van der Waals surface area contributed by atoms with E-state index in [4.69, 9.17) is 10.3 Å². The van der Waals surface area contributed by atoms with Gasteiger partial charge in [0.1, 0.15) is 17.0 Å². The Morgan fingerprint density at radius 2 is 1.89 bits per heavy atom. The fraction of sp³-hybridized carbons (Fsp3) is 0.0500. The second-order valence-corrected chi connectivity index (χ2v) is 6.27. The summed E-state index contributed by atoms with van der Waals surface area (Å²) in [6.45, 7) is 0.443. The van der Waals surface area contributed by atoms with Gasteiger partial charge in [0.15, 0.2) is 11.6 Å². The van der Waals surface area contributed by atoms with E-state index in [1.807, 2.05) is 34.9 Å². The second-order valence-electron chi connectivity index (χ2n) is 6.27. The van der Waals surface area contributed by atoms with Crippen LogP contribution in [0.1, 0.15) is 5.76 Å². The Hall–Kier alpha value is -3.74. The van der Waals surface area contributed by atoms with Gasteiger partial charge >= 0.3 is 0 Å². The number of rotatable bonds is 3. The zero-order valence-corrected chi connectivity index (χ0v) is 14.1. The van der Waals surface area contributed by atoms with Gasteiger partial charge in [0.25, 0.3) is 0 Å². The molecule has 5 rings (SSSR count). The molecule has 7 heteroatoms. The number of nitrogens with zero attached hydrogens (tertiary/aromatic N) is 4. The first kappa shape index (κ1) is 15.5. The predicted molar refractivity (Wildman–Crippen MR) is 100 cm³/mol. The molecule has 0 unspecified atom stereocenters. The van der Waals surface area contributed by atoms with Crippen molar-refractivity contribution in [1.82, 2.24) is 19.7 Å². The quantitative estimate of drug-likeness (QED) is 0.526. The lowest BCUT2D eigenvalue weighted by Gasteiger charge is -2.05. The number of halogens is 1. The van der Waals surface area contributed by atoms with Gasteiger partial charge in [-0.1, -0.05) is 23.4 Å². The fourth-order valence-electron chi connectivity index (χ4n) is 3.24. The first-order valence-corrected chi connectivity index (χ1v) is 8.39. The van der Waals surface area contributed by atoms with Gasteiger partial charge in [-0.25, -0.2) is 14.4 Å². The summed E-state index contributed by atoms with van der Waals surface area (Å²) in [4.78, 5) is 8.82. The monoisotopic (exact) mass is 359 g/mol. The highest BCUT2D eigenvalue weighted by atomic mass is 19.1. The minimum atomic E-state index is -0.287. The van der Waals surface area contributed by atoms with Gasteiger partial charge in [-0.15, -0.1) is 0 Å². The molecule has 0 radical (unpaired) electrons. The van der Waals surface area contributed by atoms with Crippen LogP contribution in [0.2, 0.25) is 0 Å². The average molecular weight is 359 g/mol. The van der Waals surface area contributed by atoms with Gasteiger partial charge in [-0.05, 0) is 30.3 Å². The lowest BCUT2D eigenvalue weighted by Crippen LogP contribution is -1.99. The fourth-order valence-corrected chi connectivity index (χ4v) is 3.24. The molecule has 0 aliphatic carbocycles. The average Bonchev–Trinajstić information content (AvgIpc) is 3.31. The van der Waals surface area contributed by atoms with E-state index in [9.17, 15) is 4.39 Å². The standard InChI is InChI=1S/C20H14FN5O/c21-13-7-5-12(6-8-13)17-9-14(27-25-17)10-26-11-23-18-19(26)15-3-1-2-4-16(15)24-20(18)22/h1-9,11H,10H2,(H2,22,24). The number of fused-ring (bicyclic) bond motifs is 3. The van der Waals surface area contributed by atoms with Crippen molar-refractivity contribution >= 4 is 27.8 Å². The van der Waals surface area contributed by atoms with E-state index in [1.54, 1.807) is 18.5 Å². The number of imidazole rings is 1. The van der Waals surface area contributed by atoms with E-state index in [0.717, 1.165) is 22.0 Å². The van der Waals surface area contributed by atoms with E-state index >= 15 is 0 Å². The maximum absolute atomic E-state index is 13.1. The highest BCUT2D eigenvalue weighted by Crippen LogP contribution is 2.28. The Labute approximate surface area is 153 Å². The molecule has 0 aliphatic rings. The largest absolute Gasteiger partial charge is 0.382 e. The molecule has 0 fully saturated rings. The highest BCUT2D eigenvalue weighted by molar-refractivity contribution is 6.06. The van der Waals surface area contributed by atoms with Crippen molar-refractivity contribution in [3.8, 4) is 11.3 Å². The van der Waals surface area contributed by atoms with Crippen LogP contribution in [0.25, 0.3) is 33.2 Å². The molecule has 2 N–H and O–H groups in total. The molecular weight excluding hydrogens is 345 g/mol. The van der Waals surface area contributed by atoms with Crippen LogP contribution in [0.4, 0.5) is 10.2 Å². The molecule has 27 heavy (non-hydrogen) atoms. The number of hydrogen-bond acceptors (Lipinski definition) is 5. The summed E-state index contributed by atoms with van der Waals surface area (Å²) >= 11 is 0. The van der Waals surface area contributed by atoms with Gasteiger partial charge in [0.2, 0.25) is 0 Å². The van der Waals surface area contributed by atoms with Crippen molar-refractivity contribution in [2.45, 2.75) is 6.54 Å². The molecule has 3 aromatic heterocycles. The molecule has 132 valence electrons. The number of aromatic nitrogens is 4. The molecular formula is C20H14FN5O. The van der Waals surface area contributed by atoms with Crippen molar-refractivity contribution < 1.29 is 8.91 Å². The molecule has 0 aliphatic heterocycles. The Kier molecular flexibility index (Phi) is 3.39. The summed E-state index contributed by atoms with van der Waals surface area (Å²) in [5, 5.41) is 5.06. The Morgan fingerprint density at radius 1 is 1.07 bits per heavy atom. The van der Waals surface area contributed by atoms with Crippen LogP contribution in [0.3, 0.4) is 0 Å². The van der Waals surface area contributed by atoms with Crippen molar-refractivity contribution in [2.24, 2.45) is 0 Å². The number of para-hydroxylation sites is 1. The van der Waals surface area contributed by atoms with Crippen LogP contribution in [0.5, 0.6) is 0 Å². The summed E-state index contributed by atoms with van der Waals surface area (Å²) in [6, 6.07) is 15.8. The number of pyridine rings is 1. The number of anilines is 1. The second kappa shape index (κ2) is 5.91. The van der Waals surface area contributed by atoms with Crippen LogP contribution < -0.4 is 5.73 Å². The Bertz CT molecular complexity index is 1270. The number of nitrogens with two attached hydrogens (primary N) is 1. The highest BCUT2D eigenvalue weighted by Gasteiger charge is 2.14. The zero-order chi connectivity index (χ0) is 18.4. The molecule has 0 saturated carbocycles. The topological polar surface area (TPSA) is 82.8 Å². The third-order valence-corrected chi connectivity index (χ3v) is 4.51. The number of benzene rings is 2. The van der Waals surface area contributed by atoms with Crippen molar-refractivity contribution in [3.63, 3.8) is 0 Å². The molecule has 0 amide bonds. The number of hydrogen-bond donors (Lipinski definition) is 1. The van der Waals surface area contributed by atoms with Gasteiger partial charge in [-0.3, -0.25) is 0 Å². The summed E-state index contributed by atoms with van der Waals surface area (Å²) < 4.78 is 20.5. The van der Waals surface area contributed by atoms with Gasteiger partial charge < -0.3 is 14.8 Å². The van der Waals surface area contributed by atoms with Crippen LogP contribution >= 0.6 is 0 Å². The van der Waals surface area contributed by atoms with E-state index in [2.05, 4.69) is 15.1 Å². The first-order chi connectivity index (χ1) is 13.2. The molecule has 3 heterocycles. The lowest BCUT2D eigenvalue weighted by molar-refractivity contribution is 0.379. The lowest BCUT2D eigenvalue weighted by atomic mass is 10.1. The van der Waals surface area contributed by atoms with Crippen molar-refractivity contribution in [1.29, 1.82) is 0 Å². The Balaban J connectivity index is 1.57. The molecule has 0 spiro atoms. The SMILES string of the molecule is Nc1nc2ccccc2c2c1ncn2Cc1cc(-c2ccc(F)cc2)no1. The van der Waals surface area contributed by atoms with E-state index in [1.165, 1.54) is 12.1 Å². The summed E-state index contributed by atoms with van der Waals surface area (Å²) in [6.07, 6.45) is 1.72. The zero-order valence-electron chi connectivity index (χ0n) is 14.1. The van der Waals surface area contributed by atoms with Crippen LogP contribution in [0, 0.1) is 5.82 Å². The van der Waals surface area contributed by atoms with Crippen LogP contribution in [-0.4, -0.2) is 19.7 Å². The molecule has 5 aromatic rings. The van der Waals surface area contributed by atoms with Gasteiger partial charge in [0, 0.05) is 17.0 Å². The summed E-state index contributed by atoms with van der Waals surface area (Å²) in [5.41, 5.74) is 9.89. The smallest absolute Gasteiger partial charge is 0.157 e. The third kappa shape index (κ3) is 2.60. The minimum absolute atomic E-state index is 0.287. The maximum atomic E-state index is 13.1. The minimum Gasteiger partial charge on any atom is -0.382 e. The molecule has 0 saturated heterocycles. The summed E-state index contributed by atoms with van der Waals surface area (Å²) in [7, 11) is 0. The van der Waals surface area contributed by atoms with Crippen LogP contribution in [0.15, 0.2) is 65.4 Å². The maximum Gasteiger partial charge on any atom is 0.157 e. The van der Waals surface area contributed by atoms with Gasteiger partial charge in [-0.2, -0.15) is 0 Å². The molecule has 6 nitrogen and oxygen atoms in total. The van der Waals surface area contributed by atoms with E-state index in [0.29, 0.717) is 29.3 Å². The number of nitrogen functional groups attached to an aromatic ring is 1. The normalized spacial score (nSPS) is 11.4. The predicted octanol–water partition coefficient (Wildman–Crippen LogP) is 4.01. The van der Waals surface area contributed by atoms with Crippen LogP contribution in [-0.2, 0) is 6.54 Å². The summed E-state index contributed by atoms with van der Waals surface area (Å²) in [5.74, 6) is 0.769. The molecule has 0 bridgehead atoms. The van der Waals surface area contributed by atoms with E-state index in [-0.39, 0.29) is 5.82 Å². The first-order valence-electron chi connectivity index (χ1n) is 8.39. The molecule has 0 atom stereocenters. The van der Waals surface area contributed by atoms with Gasteiger partial charge in [0.05, 0.1) is 23.9 Å². The van der Waals surface area contributed by atoms with Crippen molar-refractivity contribution in [3.05, 3.63) is 72.5 Å².